The normalized spacial score (nSPS) is 15.8. The van der Waals surface area contributed by atoms with Crippen LogP contribution < -0.4 is 15.5 Å². The maximum atomic E-state index is 12.5. The van der Waals surface area contributed by atoms with Crippen LogP contribution in [0.4, 0.5) is 11.4 Å². The lowest BCUT2D eigenvalue weighted by atomic mass is 10.1. The van der Waals surface area contributed by atoms with E-state index in [1.54, 1.807) is 18.2 Å². The molecular formula is C24H25N3O2S. The summed E-state index contributed by atoms with van der Waals surface area (Å²) in [7, 11) is 0. The second-order valence-electron chi connectivity index (χ2n) is 7.70. The Morgan fingerprint density at radius 1 is 1.03 bits per heavy atom. The van der Waals surface area contributed by atoms with Gasteiger partial charge in [0.1, 0.15) is 0 Å². The highest BCUT2D eigenvalue weighted by Crippen LogP contribution is 2.25. The molecule has 6 heteroatoms. The number of carbonyl (C=O) groups is 2. The number of hydrogen-bond acceptors (Lipinski definition) is 4. The highest BCUT2D eigenvalue weighted by molar-refractivity contribution is 7.12. The van der Waals surface area contributed by atoms with Gasteiger partial charge in [-0.25, -0.2) is 0 Å². The fraction of sp³-hybridized carbons (Fsp3) is 0.250. The molecule has 1 fully saturated rings. The molecule has 1 unspecified atom stereocenters. The SMILES string of the molecule is CC1CCN(c2ccc(NC(=O)c3ccc(CNC(=O)c4cccs4)cc3)cc2)C1. The Balaban J connectivity index is 1.30. The summed E-state index contributed by atoms with van der Waals surface area (Å²) in [5.41, 5.74) is 3.51. The van der Waals surface area contributed by atoms with Crippen LogP contribution in [0.5, 0.6) is 0 Å². The van der Waals surface area contributed by atoms with Crippen molar-refractivity contribution < 1.29 is 9.59 Å². The Bertz CT molecular complexity index is 998. The molecule has 30 heavy (non-hydrogen) atoms. The van der Waals surface area contributed by atoms with Crippen molar-refractivity contribution >= 4 is 34.5 Å². The van der Waals surface area contributed by atoms with E-state index in [2.05, 4.69) is 34.6 Å². The molecule has 0 bridgehead atoms. The molecule has 1 saturated heterocycles. The van der Waals surface area contributed by atoms with Crippen molar-refractivity contribution in [1.82, 2.24) is 5.32 Å². The molecule has 2 N–H and O–H groups in total. The Morgan fingerprint density at radius 3 is 2.43 bits per heavy atom. The summed E-state index contributed by atoms with van der Waals surface area (Å²) in [6, 6.07) is 19.0. The molecule has 154 valence electrons. The minimum absolute atomic E-state index is 0.0846. The van der Waals surface area contributed by atoms with E-state index in [9.17, 15) is 9.59 Å². The minimum Gasteiger partial charge on any atom is -0.371 e. The predicted octanol–water partition coefficient (Wildman–Crippen LogP) is 4.78. The van der Waals surface area contributed by atoms with Crippen molar-refractivity contribution in [1.29, 1.82) is 0 Å². The number of anilines is 2. The summed E-state index contributed by atoms with van der Waals surface area (Å²) < 4.78 is 0. The lowest BCUT2D eigenvalue weighted by Crippen LogP contribution is -2.21. The van der Waals surface area contributed by atoms with E-state index < -0.39 is 0 Å². The number of nitrogens with zero attached hydrogens (tertiary/aromatic N) is 1. The van der Waals surface area contributed by atoms with Crippen LogP contribution in [-0.2, 0) is 6.54 Å². The van der Waals surface area contributed by atoms with E-state index in [1.807, 2.05) is 35.7 Å². The zero-order valence-electron chi connectivity index (χ0n) is 16.9. The van der Waals surface area contributed by atoms with Crippen LogP contribution >= 0.6 is 11.3 Å². The molecule has 0 saturated carbocycles. The van der Waals surface area contributed by atoms with Gasteiger partial charge in [0, 0.05) is 36.6 Å². The van der Waals surface area contributed by atoms with Gasteiger partial charge in [0.2, 0.25) is 0 Å². The summed E-state index contributed by atoms with van der Waals surface area (Å²) in [6.07, 6.45) is 1.23. The van der Waals surface area contributed by atoms with E-state index in [-0.39, 0.29) is 11.8 Å². The van der Waals surface area contributed by atoms with Crippen molar-refractivity contribution in [2.24, 2.45) is 5.92 Å². The largest absolute Gasteiger partial charge is 0.371 e. The van der Waals surface area contributed by atoms with Gasteiger partial charge in [0.15, 0.2) is 0 Å². The van der Waals surface area contributed by atoms with E-state index >= 15 is 0 Å². The van der Waals surface area contributed by atoms with Gasteiger partial charge >= 0.3 is 0 Å². The highest BCUT2D eigenvalue weighted by Gasteiger charge is 2.18. The summed E-state index contributed by atoms with van der Waals surface area (Å²) in [5, 5.41) is 7.71. The number of rotatable bonds is 6. The molecule has 1 aliphatic heterocycles. The third-order valence-corrected chi connectivity index (χ3v) is 6.20. The predicted molar refractivity (Wildman–Crippen MR) is 122 cm³/mol. The maximum Gasteiger partial charge on any atom is 0.261 e. The lowest BCUT2D eigenvalue weighted by Gasteiger charge is -2.18. The monoisotopic (exact) mass is 419 g/mol. The lowest BCUT2D eigenvalue weighted by molar-refractivity contribution is 0.0953. The minimum atomic E-state index is -0.147. The molecule has 5 nitrogen and oxygen atoms in total. The van der Waals surface area contributed by atoms with Crippen molar-refractivity contribution in [2.45, 2.75) is 19.9 Å². The van der Waals surface area contributed by atoms with Gasteiger partial charge in [-0.1, -0.05) is 25.1 Å². The molecule has 1 atom stereocenters. The fourth-order valence-electron chi connectivity index (χ4n) is 3.58. The first-order chi connectivity index (χ1) is 14.6. The van der Waals surface area contributed by atoms with E-state index in [1.165, 1.54) is 23.4 Å². The van der Waals surface area contributed by atoms with Gasteiger partial charge in [-0.05, 0) is 65.7 Å². The summed E-state index contributed by atoms with van der Waals surface area (Å²) in [4.78, 5) is 27.6. The van der Waals surface area contributed by atoms with Gasteiger partial charge in [0.05, 0.1) is 4.88 Å². The van der Waals surface area contributed by atoms with Gasteiger partial charge in [-0.2, -0.15) is 0 Å². The van der Waals surface area contributed by atoms with E-state index in [0.717, 1.165) is 30.3 Å². The molecule has 2 amide bonds. The second-order valence-corrected chi connectivity index (χ2v) is 8.65. The summed E-state index contributed by atoms with van der Waals surface area (Å²) in [5.74, 6) is 0.502. The number of thiophene rings is 1. The molecule has 0 aliphatic carbocycles. The van der Waals surface area contributed by atoms with Crippen molar-refractivity contribution in [3.05, 3.63) is 82.0 Å². The number of carbonyl (C=O) groups excluding carboxylic acids is 2. The zero-order valence-corrected chi connectivity index (χ0v) is 17.7. The van der Waals surface area contributed by atoms with Gasteiger partial charge < -0.3 is 15.5 Å². The standard InChI is InChI=1S/C24H25N3O2S/c1-17-12-13-27(16-17)21-10-8-20(9-11-21)26-23(28)19-6-4-18(5-7-19)15-25-24(29)22-3-2-14-30-22/h2-11,14,17H,12-13,15-16H2,1H3,(H,25,29)(H,26,28). The first-order valence-electron chi connectivity index (χ1n) is 10.2. The zero-order chi connectivity index (χ0) is 20.9. The molecule has 2 aromatic carbocycles. The molecule has 3 aromatic rings. The average Bonchev–Trinajstić information content (AvgIpc) is 3.45. The number of hydrogen-bond donors (Lipinski definition) is 2. The summed E-state index contributed by atoms with van der Waals surface area (Å²) in [6.45, 7) is 4.88. The quantitative estimate of drug-likeness (QED) is 0.605. The molecule has 4 rings (SSSR count). The van der Waals surface area contributed by atoms with E-state index in [4.69, 9.17) is 0 Å². The molecule has 0 radical (unpaired) electrons. The van der Waals surface area contributed by atoms with Crippen LogP contribution in [-0.4, -0.2) is 24.9 Å². The molecular weight excluding hydrogens is 394 g/mol. The Labute approximate surface area is 180 Å². The first kappa shape index (κ1) is 20.2. The van der Waals surface area contributed by atoms with Crippen LogP contribution in [0.2, 0.25) is 0 Å². The van der Waals surface area contributed by atoms with Gasteiger partial charge in [-0.3, -0.25) is 9.59 Å². The Kier molecular flexibility index (Phi) is 6.14. The van der Waals surface area contributed by atoms with Crippen molar-refractivity contribution in [2.75, 3.05) is 23.3 Å². The fourth-order valence-corrected chi connectivity index (χ4v) is 4.22. The van der Waals surface area contributed by atoms with Crippen LogP contribution in [0, 0.1) is 5.92 Å². The van der Waals surface area contributed by atoms with Gasteiger partial charge in [0.25, 0.3) is 11.8 Å². The maximum absolute atomic E-state index is 12.5. The van der Waals surface area contributed by atoms with Crippen molar-refractivity contribution in [3.63, 3.8) is 0 Å². The smallest absolute Gasteiger partial charge is 0.261 e. The molecule has 2 heterocycles. The van der Waals surface area contributed by atoms with E-state index in [0.29, 0.717) is 17.0 Å². The van der Waals surface area contributed by atoms with Crippen LogP contribution in [0.3, 0.4) is 0 Å². The first-order valence-corrected chi connectivity index (χ1v) is 11.0. The molecule has 0 spiro atoms. The van der Waals surface area contributed by atoms with Crippen molar-refractivity contribution in [3.8, 4) is 0 Å². The topological polar surface area (TPSA) is 61.4 Å². The molecule has 1 aromatic heterocycles. The Morgan fingerprint density at radius 2 is 1.80 bits per heavy atom. The number of benzene rings is 2. The van der Waals surface area contributed by atoms with Gasteiger partial charge in [-0.15, -0.1) is 11.3 Å². The third kappa shape index (κ3) is 4.89. The van der Waals surface area contributed by atoms with Crippen LogP contribution in [0.15, 0.2) is 66.0 Å². The third-order valence-electron chi connectivity index (χ3n) is 5.33. The van der Waals surface area contributed by atoms with Crippen LogP contribution in [0.1, 0.15) is 38.9 Å². The number of amides is 2. The summed E-state index contributed by atoms with van der Waals surface area (Å²) >= 11 is 1.41. The highest BCUT2D eigenvalue weighted by atomic mass is 32.1. The molecule has 1 aliphatic rings. The Hall–Kier alpha value is -3.12. The van der Waals surface area contributed by atoms with Crippen LogP contribution in [0.25, 0.3) is 0 Å². The average molecular weight is 420 g/mol. The second kappa shape index (κ2) is 9.13. The number of nitrogens with one attached hydrogen (secondary N) is 2.